The van der Waals surface area contributed by atoms with Crippen LogP contribution in [-0.4, -0.2) is 13.2 Å². The Morgan fingerprint density at radius 2 is 2.38 bits per heavy atom. The Balaban J connectivity index is 2.47. The number of ether oxygens (including phenoxy) is 1. The Bertz CT molecular complexity index is 309. The van der Waals surface area contributed by atoms with Crippen LogP contribution in [0.25, 0.3) is 0 Å². The molecule has 0 fully saturated rings. The third-order valence-electron chi connectivity index (χ3n) is 2.64. The molecule has 2 nitrogen and oxygen atoms in total. The van der Waals surface area contributed by atoms with Gasteiger partial charge in [-0.3, -0.25) is 0 Å². The van der Waals surface area contributed by atoms with Crippen molar-refractivity contribution in [3.8, 4) is 0 Å². The van der Waals surface area contributed by atoms with Crippen LogP contribution in [0.1, 0.15) is 22.8 Å². The quantitative estimate of drug-likeness (QED) is 0.706. The molecule has 0 spiro atoms. The molecular formula is C11H15NO. The maximum atomic E-state index is 5.66. The second kappa shape index (κ2) is 3.48. The molecule has 0 radical (unpaired) electrons. The van der Waals surface area contributed by atoms with Crippen molar-refractivity contribution in [1.82, 2.24) is 0 Å². The van der Waals surface area contributed by atoms with E-state index in [1.807, 2.05) is 0 Å². The van der Waals surface area contributed by atoms with Gasteiger partial charge in [0.1, 0.15) is 0 Å². The topological polar surface area (TPSA) is 35.2 Å². The van der Waals surface area contributed by atoms with E-state index in [0.29, 0.717) is 6.54 Å². The SMILES string of the molecule is Cc1cccc2c1[C@@H](CN)OCC2. The first-order valence-corrected chi connectivity index (χ1v) is 4.73. The highest BCUT2D eigenvalue weighted by atomic mass is 16.5. The Morgan fingerprint density at radius 1 is 1.54 bits per heavy atom. The Morgan fingerprint density at radius 3 is 3.15 bits per heavy atom. The van der Waals surface area contributed by atoms with Crippen molar-refractivity contribution in [3.63, 3.8) is 0 Å². The van der Waals surface area contributed by atoms with E-state index in [-0.39, 0.29) is 6.10 Å². The van der Waals surface area contributed by atoms with E-state index in [1.54, 1.807) is 0 Å². The summed E-state index contributed by atoms with van der Waals surface area (Å²) in [7, 11) is 0. The zero-order valence-electron chi connectivity index (χ0n) is 7.92. The Kier molecular flexibility index (Phi) is 2.34. The molecule has 0 bridgehead atoms. The summed E-state index contributed by atoms with van der Waals surface area (Å²) in [6, 6.07) is 6.40. The Hall–Kier alpha value is -0.860. The molecule has 2 N–H and O–H groups in total. The summed E-state index contributed by atoms with van der Waals surface area (Å²) in [6.45, 7) is 3.51. The molecule has 0 unspecified atom stereocenters. The lowest BCUT2D eigenvalue weighted by molar-refractivity contribution is 0.0480. The van der Waals surface area contributed by atoms with E-state index in [4.69, 9.17) is 10.5 Å². The summed E-state index contributed by atoms with van der Waals surface area (Å²) in [5, 5.41) is 0. The van der Waals surface area contributed by atoms with Crippen LogP contribution in [0.4, 0.5) is 0 Å². The molecule has 1 aliphatic rings. The minimum Gasteiger partial charge on any atom is -0.372 e. The van der Waals surface area contributed by atoms with Crippen molar-refractivity contribution >= 4 is 0 Å². The molecule has 1 aromatic carbocycles. The van der Waals surface area contributed by atoms with E-state index in [0.717, 1.165) is 13.0 Å². The third kappa shape index (κ3) is 1.47. The Labute approximate surface area is 78.7 Å². The van der Waals surface area contributed by atoms with Crippen LogP contribution in [0.15, 0.2) is 18.2 Å². The highest BCUT2D eigenvalue weighted by Gasteiger charge is 2.20. The minimum atomic E-state index is 0.116. The van der Waals surface area contributed by atoms with Crippen molar-refractivity contribution in [2.45, 2.75) is 19.4 Å². The number of hydrogen-bond donors (Lipinski definition) is 1. The van der Waals surface area contributed by atoms with Gasteiger partial charge in [0.15, 0.2) is 0 Å². The van der Waals surface area contributed by atoms with Crippen molar-refractivity contribution in [2.24, 2.45) is 5.73 Å². The lowest BCUT2D eigenvalue weighted by Crippen LogP contribution is -2.23. The standard InChI is InChI=1S/C11H15NO/c1-8-3-2-4-9-5-6-13-10(7-12)11(8)9/h2-4,10H,5-7,12H2,1H3/t10-/m1/s1. The lowest BCUT2D eigenvalue weighted by atomic mass is 9.93. The summed E-state index contributed by atoms with van der Waals surface area (Å²) in [6.07, 6.45) is 1.14. The van der Waals surface area contributed by atoms with Crippen molar-refractivity contribution in [3.05, 3.63) is 34.9 Å². The van der Waals surface area contributed by atoms with E-state index in [2.05, 4.69) is 25.1 Å². The smallest absolute Gasteiger partial charge is 0.0952 e. The first kappa shape index (κ1) is 8.73. The van der Waals surface area contributed by atoms with Gasteiger partial charge in [0.25, 0.3) is 0 Å². The summed E-state index contributed by atoms with van der Waals surface area (Å²) in [5.41, 5.74) is 9.68. The summed E-state index contributed by atoms with van der Waals surface area (Å²) < 4.78 is 5.61. The van der Waals surface area contributed by atoms with E-state index < -0.39 is 0 Å². The zero-order valence-corrected chi connectivity index (χ0v) is 7.92. The molecule has 2 heteroatoms. The lowest BCUT2D eigenvalue weighted by Gasteiger charge is -2.26. The van der Waals surface area contributed by atoms with Crippen molar-refractivity contribution in [1.29, 1.82) is 0 Å². The van der Waals surface area contributed by atoms with Crippen LogP contribution in [-0.2, 0) is 11.2 Å². The van der Waals surface area contributed by atoms with Crippen LogP contribution in [0.2, 0.25) is 0 Å². The molecule has 1 heterocycles. The van der Waals surface area contributed by atoms with Gasteiger partial charge in [-0.25, -0.2) is 0 Å². The van der Waals surface area contributed by atoms with Crippen LogP contribution >= 0.6 is 0 Å². The maximum absolute atomic E-state index is 5.66. The molecule has 1 atom stereocenters. The number of fused-ring (bicyclic) bond motifs is 1. The summed E-state index contributed by atoms with van der Waals surface area (Å²) in [5.74, 6) is 0. The molecular weight excluding hydrogens is 162 g/mol. The molecule has 0 saturated carbocycles. The molecule has 0 aliphatic carbocycles. The van der Waals surface area contributed by atoms with Gasteiger partial charge in [-0.15, -0.1) is 0 Å². The molecule has 0 amide bonds. The van der Waals surface area contributed by atoms with Gasteiger partial charge in [-0.05, 0) is 30.0 Å². The number of hydrogen-bond acceptors (Lipinski definition) is 2. The molecule has 0 aromatic heterocycles. The largest absolute Gasteiger partial charge is 0.372 e. The first-order valence-electron chi connectivity index (χ1n) is 4.73. The molecule has 70 valence electrons. The third-order valence-corrected chi connectivity index (χ3v) is 2.64. The van der Waals surface area contributed by atoms with Gasteiger partial charge < -0.3 is 10.5 Å². The van der Waals surface area contributed by atoms with Crippen molar-refractivity contribution < 1.29 is 4.74 Å². The average Bonchev–Trinajstić information content (AvgIpc) is 2.17. The fourth-order valence-electron chi connectivity index (χ4n) is 2.00. The van der Waals surface area contributed by atoms with E-state index in [1.165, 1.54) is 16.7 Å². The number of aryl methyl sites for hydroxylation is 1. The highest BCUT2D eigenvalue weighted by molar-refractivity contribution is 5.37. The minimum absolute atomic E-state index is 0.116. The predicted molar refractivity (Wildman–Crippen MR) is 52.6 cm³/mol. The van der Waals surface area contributed by atoms with Gasteiger partial charge in [0, 0.05) is 6.54 Å². The molecule has 1 aromatic rings. The zero-order chi connectivity index (χ0) is 9.26. The second-order valence-corrected chi connectivity index (χ2v) is 3.49. The average molecular weight is 177 g/mol. The van der Waals surface area contributed by atoms with Crippen LogP contribution < -0.4 is 5.73 Å². The summed E-state index contributed by atoms with van der Waals surface area (Å²) >= 11 is 0. The fraction of sp³-hybridized carbons (Fsp3) is 0.455. The van der Waals surface area contributed by atoms with Gasteiger partial charge in [0.05, 0.1) is 12.7 Å². The fourth-order valence-corrected chi connectivity index (χ4v) is 2.00. The monoisotopic (exact) mass is 177 g/mol. The highest BCUT2D eigenvalue weighted by Crippen LogP contribution is 2.28. The van der Waals surface area contributed by atoms with Crippen LogP contribution in [0.3, 0.4) is 0 Å². The van der Waals surface area contributed by atoms with Crippen molar-refractivity contribution in [2.75, 3.05) is 13.2 Å². The molecule has 0 saturated heterocycles. The van der Waals surface area contributed by atoms with Gasteiger partial charge >= 0.3 is 0 Å². The number of rotatable bonds is 1. The van der Waals surface area contributed by atoms with Gasteiger partial charge in [0.2, 0.25) is 0 Å². The predicted octanol–water partition coefficient (Wildman–Crippen LogP) is 1.57. The maximum Gasteiger partial charge on any atom is 0.0952 e. The van der Waals surface area contributed by atoms with E-state index >= 15 is 0 Å². The van der Waals surface area contributed by atoms with Gasteiger partial charge in [-0.2, -0.15) is 0 Å². The number of nitrogens with two attached hydrogens (primary N) is 1. The molecule has 13 heavy (non-hydrogen) atoms. The molecule has 1 aliphatic heterocycles. The van der Waals surface area contributed by atoms with E-state index in [9.17, 15) is 0 Å². The summed E-state index contributed by atoms with van der Waals surface area (Å²) in [4.78, 5) is 0. The second-order valence-electron chi connectivity index (χ2n) is 3.49. The van der Waals surface area contributed by atoms with Crippen LogP contribution in [0, 0.1) is 6.92 Å². The van der Waals surface area contributed by atoms with Crippen LogP contribution in [0.5, 0.6) is 0 Å². The van der Waals surface area contributed by atoms with Gasteiger partial charge in [-0.1, -0.05) is 18.2 Å². The normalized spacial score (nSPS) is 21.2. The number of benzene rings is 1. The molecule has 2 rings (SSSR count). The first-order chi connectivity index (χ1) is 6.33.